The maximum atomic E-state index is 11.5. The molecule has 4 heteroatoms. The summed E-state index contributed by atoms with van der Waals surface area (Å²) in [6.07, 6.45) is 2.36. The summed E-state index contributed by atoms with van der Waals surface area (Å²) in [5, 5.41) is 7.64. The van der Waals surface area contributed by atoms with Gasteiger partial charge in [-0.1, -0.05) is 0 Å². The number of likely N-dealkylation sites (N-methyl/N-ethyl adjacent to an activating group) is 1. The summed E-state index contributed by atoms with van der Waals surface area (Å²) in [4.78, 5) is 13.2. The van der Waals surface area contributed by atoms with E-state index in [0.29, 0.717) is 5.56 Å². The van der Waals surface area contributed by atoms with Crippen LogP contribution in [0, 0.1) is 0 Å². The lowest BCUT2D eigenvalue weighted by molar-refractivity contribution is 0.0778. The second-order valence-corrected chi connectivity index (χ2v) is 2.87. The molecule has 12 heavy (non-hydrogen) atoms. The first-order valence-corrected chi connectivity index (χ1v) is 3.85. The molecule has 0 radical (unpaired) electrons. The number of fused-ring (bicyclic) bond motifs is 1. The van der Waals surface area contributed by atoms with Crippen LogP contribution in [0.25, 0.3) is 0 Å². The number of aromatic nitrogens is 2. The molecule has 0 spiro atoms. The van der Waals surface area contributed by atoms with E-state index in [1.54, 1.807) is 24.2 Å². The van der Waals surface area contributed by atoms with Crippen LogP contribution in [0.3, 0.4) is 0 Å². The van der Waals surface area contributed by atoms with Gasteiger partial charge in [0.1, 0.15) is 0 Å². The standard InChI is InChI=1S/C8H9N3O/c1-11-5-3-7-6(8(11)12)2-4-9-10-7/h2,4H,3,5H2,1H3. The van der Waals surface area contributed by atoms with E-state index in [1.807, 2.05) is 0 Å². The Hall–Kier alpha value is -1.45. The Morgan fingerprint density at radius 2 is 2.42 bits per heavy atom. The highest BCUT2D eigenvalue weighted by Crippen LogP contribution is 2.13. The minimum atomic E-state index is 0.0474. The molecule has 0 N–H and O–H groups in total. The van der Waals surface area contributed by atoms with Gasteiger partial charge in [-0.2, -0.15) is 10.2 Å². The summed E-state index contributed by atoms with van der Waals surface area (Å²) in [7, 11) is 1.80. The van der Waals surface area contributed by atoms with E-state index < -0.39 is 0 Å². The molecule has 1 amide bonds. The highest BCUT2D eigenvalue weighted by atomic mass is 16.2. The average molecular weight is 163 g/mol. The number of rotatable bonds is 0. The predicted octanol–water partition coefficient (Wildman–Crippen LogP) is 0.105. The Morgan fingerprint density at radius 3 is 3.25 bits per heavy atom. The molecule has 1 aliphatic heterocycles. The highest BCUT2D eigenvalue weighted by molar-refractivity contribution is 5.95. The van der Waals surface area contributed by atoms with Crippen molar-refractivity contribution < 1.29 is 4.79 Å². The number of amides is 1. The second kappa shape index (κ2) is 2.55. The second-order valence-electron chi connectivity index (χ2n) is 2.87. The number of nitrogens with zero attached hydrogens (tertiary/aromatic N) is 3. The molecule has 4 nitrogen and oxygen atoms in total. The first-order valence-electron chi connectivity index (χ1n) is 3.85. The van der Waals surface area contributed by atoms with Gasteiger partial charge in [-0.15, -0.1) is 0 Å². The number of carbonyl (C=O) groups is 1. The summed E-state index contributed by atoms with van der Waals surface area (Å²) in [6, 6.07) is 1.72. The molecule has 0 bridgehead atoms. The van der Waals surface area contributed by atoms with Gasteiger partial charge in [-0.3, -0.25) is 4.79 Å². The van der Waals surface area contributed by atoms with Crippen molar-refractivity contribution in [1.29, 1.82) is 0 Å². The average Bonchev–Trinajstić information content (AvgIpc) is 2.12. The van der Waals surface area contributed by atoms with Crippen molar-refractivity contribution in [3.8, 4) is 0 Å². The third kappa shape index (κ3) is 0.958. The van der Waals surface area contributed by atoms with Crippen molar-refractivity contribution in [3.63, 3.8) is 0 Å². The zero-order valence-corrected chi connectivity index (χ0v) is 6.82. The molecule has 0 saturated heterocycles. The molecule has 2 heterocycles. The van der Waals surface area contributed by atoms with Gasteiger partial charge in [0.25, 0.3) is 5.91 Å². The third-order valence-electron chi connectivity index (χ3n) is 2.06. The maximum absolute atomic E-state index is 11.5. The fraction of sp³-hybridized carbons (Fsp3) is 0.375. The van der Waals surface area contributed by atoms with Crippen LogP contribution in [0.5, 0.6) is 0 Å². The van der Waals surface area contributed by atoms with E-state index in [1.165, 1.54) is 0 Å². The van der Waals surface area contributed by atoms with E-state index in [0.717, 1.165) is 18.7 Å². The quantitative estimate of drug-likeness (QED) is 0.545. The molecule has 0 saturated carbocycles. The van der Waals surface area contributed by atoms with Crippen molar-refractivity contribution in [1.82, 2.24) is 15.1 Å². The minimum absolute atomic E-state index is 0.0474. The minimum Gasteiger partial charge on any atom is -0.341 e. The van der Waals surface area contributed by atoms with E-state index >= 15 is 0 Å². The van der Waals surface area contributed by atoms with Crippen LogP contribution < -0.4 is 0 Å². The van der Waals surface area contributed by atoms with Gasteiger partial charge in [0.15, 0.2) is 0 Å². The van der Waals surface area contributed by atoms with Crippen LogP contribution in [0.2, 0.25) is 0 Å². The first kappa shape index (κ1) is 7.21. The molecule has 0 unspecified atom stereocenters. The van der Waals surface area contributed by atoms with Gasteiger partial charge in [0.05, 0.1) is 17.5 Å². The highest BCUT2D eigenvalue weighted by Gasteiger charge is 2.21. The Kier molecular flexibility index (Phi) is 1.53. The zero-order valence-electron chi connectivity index (χ0n) is 6.82. The molecule has 1 aromatic rings. The van der Waals surface area contributed by atoms with Gasteiger partial charge in [-0.05, 0) is 6.07 Å². The van der Waals surface area contributed by atoms with Gasteiger partial charge < -0.3 is 4.90 Å². The van der Waals surface area contributed by atoms with Crippen molar-refractivity contribution in [3.05, 3.63) is 23.5 Å². The summed E-state index contributed by atoms with van der Waals surface area (Å²) < 4.78 is 0. The lowest BCUT2D eigenvalue weighted by Crippen LogP contribution is -2.34. The van der Waals surface area contributed by atoms with Crippen molar-refractivity contribution >= 4 is 5.91 Å². The van der Waals surface area contributed by atoms with Crippen LogP contribution >= 0.6 is 0 Å². The monoisotopic (exact) mass is 163 g/mol. The SMILES string of the molecule is CN1CCc2nnccc2C1=O. The molecular formula is C8H9N3O. The van der Waals surface area contributed by atoms with Gasteiger partial charge in [0, 0.05) is 20.0 Å². The van der Waals surface area contributed by atoms with Crippen LogP contribution in [-0.2, 0) is 6.42 Å². The molecular weight excluding hydrogens is 154 g/mol. The Bertz CT molecular complexity index is 324. The van der Waals surface area contributed by atoms with Gasteiger partial charge in [-0.25, -0.2) is 0 Å². The number of hydrogen-bond donors (Lipinski definition) is 0. The van der Waals surface area contributed by atoms with E-state index in [4.69, 9.17) is 0 Å². The molecule has 0 aliphatic carbocycles. The van der Waals surface area contributed by atoms with Gasteiger partial charge >= 0.3 is 0 Å². The molecule has 0 aromatic carbocycles. The van der Waals surface area contributed by atoms with E-state index in [2.05, 4.69) is 10.2 Å². The summed E-state index contributed by atoms with van der Waals surface area (Å²) in [5.74, 6) is 0.0474. The Balaban J connectivity index is 2.49. The zero-order chi connectivity index (χ0) is 8.55. The first-order chi connectivity index (χ1) is 5.79. The molecule has 0 fully saturated rings. The molecule has 62 valence electrons. The molecule has 0 atom stereocenters. The largest absolute Gasteiger partial charge is 0.341 e. The van der Waals surface area contributed by atoms with Crippen LogP contribution in [0.4, 0.5) is 0 Å². The topological polar surface area (TPSA) is 46.1 Å². The van der Waals surface area contributed by atoms with Crippen molar-refractivity contribution in [2.75, 3.05) is 13.6 Å². The van der Waals surface area contributed by atoms with Crippen molar-refractivity contribution in [2.45, 2.75) is 6.42 Å². The van der Waals surface area contributed by atoms with Crippen LogP contribution in [0.1, 0.15) is 16.1 Å². The molecule has 1 aliphatic rings. The van der Waals surface area contributed by atoms with Crippen LogP contribution in [0.15, 0.2) is 12.3 Å². The molecule has 2 rings (SSSR count). The fourth-order valence-corrected chi connectivity index (χ4v) is 1.32. The Morgan fingerprint density at radius 1 is 1.58 bits per heavy atom. The summed E-state index contributed by atoms with van der Waals surface area (Å²) in [5.41, 5.74) is 1.51. The lowest BCUT2D eigenvalue weighted by Gasteiger charge is -2.22. The normalized spacial score (nSPS) is 16.1. The number of hydrogen-bond acceptors (Lipinski definition) is 3. The van der Waals surface area contributed by atoms with Crippen LogP contribution in [-0.4, -0.2) is 34.6 Å². The fourth-order valence-electron chi connectivity index (χ4n) is 1.32. The maximum Gasteiger partial charge on any atom is 0.255 e. The molecule has 1 aromatic heterocycles. The number of carbonyl (C=O) groups excluding carboxylic acids is 1. The van der Waals surface area contributed by atoms with E-state index in [-0.39, 0.29) is 5.91 Å². The van der Waals surface area contributed by atoms with E-state index in [9.17, 15) is 4.79 Å². The van der Waals surface area contributed by atoms with Crippen molar-refractivity contribution in [2.24, 2.45) is 0 Å². The lowest BCUT2D eigenvalue weighted by atomic mass is 10.1. The predicted molar refractivity (Wildman–Crippen MR) is 42.7 cm³/mol. The summed E-state index contributed by atoms with van der Waals surface area (Å²) in [6.45, 7) is 0.741. The van der Waals surface area contributed by atoms with Gasteiger partial charge in [0.2, 0.25) is 0 Å². The summed E-state index contributed by atoms with van der Waals surface area (Å²) >= 11 is 0. The third-order valence-corrected chi connectivity index (χ3v) is 2.06. The Labute approximate surface area is 70.2 Å². The smallest absolute Gasteiger partial charge is 0.255 e.